The lowest BCUT2D eigenvalue weighted by molar-refractivity contribution is -0.0298. The van der Waals surface area contributed by atoms with E-state index in [1.807, 2.05) is 13.8 Å². The largest absolute Gasteiger partial charge is 0.248 e. The monoisotopic (exact) mass is 164 g/mol. The number of hydrogen-bond donors (Lipinski definition) is 0. The fourth-order valence-corrected chi connectivity index (χ4v) is 1.12. The van der Waals surface area contributed by atoms with Gasteiger partial charge in [0.05, 0.1) is 0 Å². The SMILES string of the molecule is CCCC(F)(F)CC(C)CC. The summed E-state index contributed by atoms with van der Waals surface area (Å²) in [5, 5.41) is 0. The summed E-state index contributed by atoms with van der Waals surface area (Å²) < 4.78 is 25.7. The van der Waals surface area contributed by atoms with Gasteiger partial charge in [-0.1, -0.05) is 33.6 Å². The van der Waals surface area contributed by atoms with Gasteiger partial charge in [0.15, 0.2) is 0 Å². The van der Waals surface area contributed by atoms with Crippen molar-refractivity contribution in [3.05, 3.63) is 0 Å². The first-order chi connectivity index (χ1) is 5.02. The Morgan fingerprint density at radius 1 is 1.27 bits per heavy atom. The highest BCUT2D eigenvalue weighted by atomic mass is 19.3. The van der Waals surface area contributed by atoms with E-state index in [-0.39, 0.29) is 18.8 Å². The molecule has 0 aromatic rings. The Kier molecular flexibility index (Phi) is 4.62. The zero-order valence-corrected chi connectivity index (χ0v) is 7.66. The van der Waals surface area contributed by atoms with Crippen molar-refractivity contribution >= 4 is 0 Å². The topological polar surface area (TPSA) is 0 Å². The first-order valence-corrected chi connectivity index (χ1v) is 4.39. The Morgan fingerprint density at radius 3 is 2.18 bits per heavy atom. The van der Waals surface area contributed by atoms with E-state index in [2.05, 4.69) is 0 Å². The lowest BCUT2D eigenvalue weighted by Crippen LogP contribution is -2.18. The normalized spacial score (nSPS) is 15.0. The zero-order chi connectivity index (χ0) is 8.91. The van der Waals surface area contributed by atoms with Crippen LogP contribution in [0.5, 0.6) is 0 Å². The number of halogens is 2. The molecule has 0 aliphatic carbocycles. The van der Waals surface area contributed by atoms with Crippen molar-refractivity contribution < 1.29 is 8.78 Å². The first kappa shape index (κ1) is 10.9. The Bertz CT molecular complexity index is 99.7. The molecule has 0 radical (unpaired) electrons. The van der Waals surface area contributed by atoms with Gasteiger partial charge in [-0.3, -0.25) is 0 Å². The molecular formula is C9H18F2. The van der Waals surface area contributed by atoms with Crippen LogP contribution in [0.4, 0.5) is 8.78 Å². The maximum absolute atomic E-state index is 12.9. The van der Waals surface area contributed by atoms with Crippen molar-refractivity contribution in [1.82, 2.24) is 0 Å². The minimum absolute atomic E-state index is 0.0390. The third-order valence-corrected chi connectivity index (χ3v) is 1.96. The van der Waals surface area contributed by atoms with E-state index in [0.29, 0.717) is 6.42 Å². The maximum Gasteiger partial charge on any atom is 0.248 e. The molecule has 0 aliphatic heterocycles. The van der Waals surface area contributed by atoms with Crippen LogP contribution in [0.1, 0.15) is 46.5 Å². The summed E-state index contributed by atoms with van der Waals surface area (Å²) in [6.45, 7) is 5.63. The van der Waals surface area contributed by atoms with E-state index in [1.165, 1.54) is 0 Å². The van der Waals surface area contributed by atoms with Crippen molar-refractivity contribution in [3.8, 4) is 0 Å². The van der Waals surface area contributed by atoms with Gasteiger partial charge in [0.25, 0.3) is 0 Å². The molecule has 0 bridgehead atoms. The Balaban J connectivity index is 3.70. The second-order valence-corrected chi connectivity index (χ2v) is 3.32. The molecule has 0 aliphatic rings. The van der Waals surface area contributed by atoms with Crippen molar-refractivity contribution in [3.63, 3.8) is 0 Å². The van der Waals surface area contributed by atoms with Gasteiger partial charge < -0.3 is 0 Å². The molecule has 0 rings (SSSR count). The maximum atomic E-state index is 12.9. The summed E-state index contributed by atoms with van der Waals surface area (Å²) in [4.78, 5) is 0. The van der Waals surface area contributed by atoms with Gasteiger partial charge in [0.1, 0.15) is 0 Å². The van der Waals surface area contributed by atoms with Crippen LogP contribution in [0, 0.1) is 5.92 Å². The molecule has 1 atom stereocenters. The van der Waals surface area contributed by atoms with Crippen LogP contribution in [0.15, 0.2) is 0 Å². The van der Waals surface area contributed by atoms with E-state index >= 15 is 0 Å². The van der Waals surface area contributed by atoms with E-state index in [1.54, 1.807) is 6.92 Å². The molecule has 0 amide bonds. The Hall–Kier alpha value is -0.140. The number of alkyl halides is 2. The molecule has 0 aromatic carbocycles. The molecule has 0 saturated carbocycles. The third-order valence-electron chi connectivity index (χ3n) is 1.96. The fraction of sp³-hybridized carbons (Fsp3) is 1.00. The minimum atomic E-state index is -2.43. The van der Waals surface area contributed by atoms with Crippen LogP contribution in [0.25, 0.3) is 0 Å². The van der Waals surface area contributed by atoms with E-state index < -0.39 is 5.92 Å². The van der Waals surface area contributed by atoms with Crippen molar-refractivity contribution in [2.75, 3.05) is 0 Å². The quantitative estimate of drug-likeness (QED) is 0.578. The van der Waals surface area contributed by atoms with Crippen molar-refractivity contribution in [2.24, 2.45) is 5.92 Å². The molecule has 68 valence electrons. The lowest BCUT2D eigenvalue weighted by Gasteiger charge is -2.18. The molecule has 0 fully saturated rings. The summed E-state index contributed by atoms with van der Waals surface area (Å²) in [6, 6.07) is 0. The van der Waals surface area contributed by atoms with Crippen molar-refractivity contribution in [2.45, 2.75) is 52.4 Å². The van der Waals surface area contributed by atoms with Crippen molar-refractivity contribution in [1.29, 1.82) is 0 Å². The summed E-state index contributed by atoms with van der Waals surface area (Å²) in [6.07, 6.45) is 1.51. The minimum Gasteiger partial charge on any atom is -0.207 e. The molecule has 0 aromatic heterocycles. The highest BCUT2D eigenvalue weighted by molar-refractivity contribution is 4.68. The van der Waals surface area contributed by atoms with E-state index in [9.17, 15) is 8.78 Å². The predicted octanol–water partition coefficient (Wildman–Crippen LogP) is 3.86. The highest BCUT2D eigenvalue weighted by Gasteiger charge is 2.28. The average molecular weight is 164 g/mol. The van der Waals surface area contributed by atoms with Gasteiger partial charge in [0.2, 0.25) is 5.92 Å². The molecular weight excluding hydrogens is 146 g/mol. The van der Waals surface area contributed by atoms with E-state index in [0.717, 1.165) is 6.42 Å². The third kappa shape index (κ3) is 5.16. The second kappa shape index (κ2) is 4.68. The van der Waals surface area contributed by atoms with Gasteiger partial charge >= 0.3 is 0 Å². The first-order valence-electron chi connectivity index (χ1n) is 4.39. The summed E-state index contributed by atoms with van der Waals surface area (Å²) in [7, 11) is 0. The van der Waals surface area contributed by atoms with Crippen LogP contribution < -0.4 is 0 Å². The van der Waals surface area contributed by atoms with E-state index in [4.69, 9.17) is 0 Å². The van der Waals surface area contributed by atoms with Gasteiger partial charge in [-0.15, -0.1) is 0 Å². The molecule has 0 saturated heterocycles. The molecule has 2 heteroatoms. The average Bonchev–Trinajstić information content (AvgIpc) is 1.86. The van der Waals surface area contributed by atoms with Crippen LogP contribution in [-0.4, -0.2) is 5.92 Å². The van der Waals surface area contributed by atoms with Crippen LogP contribution in [0.3, 0.4) is 0 Å². The summed E-state index contributed by atoms with van der Waals surface area (Å²) in [5.41, 5.74) is 0. The van der Waals surface area contributed by atoms with Crippen LogP contribution in [0.2, 0.25) is 0 Å². The summed E-state index contributed by atoms with van der Waals surface area (Å²) >= 11 is 0. The fourth-order valence-electron chi connectivity index (χ4n) is 1.12. The predicted molar refractivity (Wildman–Crippen MR) is 43.9 cm³/mol. The standard InChI is InChI=1S/C9H18F2/c1-4-6-9(10,11)7-8(3)5-2/h8H,4-7H2,1-3H3. The van der Waals surface area contributed by atoms with Crippen LogP contribution >= 0.6 is 0 Å². The molecule has 0 N–H and O–H groups in total. The van der Waals surface area contributed by atoms with Crippen LogP contribution in [-0.2, 0) is 0 Å². The van der Waals surface area contributed by atoms with Gasteiger partial charge in [-0.25, -0.2) is 8.78 Å². The highest BCUT2D eigenvalue weighted by Crippen LogP contribution is 2.29. The molecule has 11 heavy (non-hydrogen) atoms. The van der Waals surface area contributed by atoms with Gasteiger partial charge in [-0.05, 0) is 5.92 Å². The van der Waals surface area contributed by atoms with Gasteiger partial charge in [0, 0.05) is 12.8 Å². The summed E-state index contributed by atoms with van der Waals surface area (Å²) in [5.74, 6) is -2.28. The Morgan fingerprint density at radius 2 is 1.82 bits per heavy atom. The van der Waals surface area contributed by atoms with Gasteiger partial charge in [-0.2, -0.15) is 0 Å². The number of rotatable bonds is 5. The lowest BCUT2D eigenvalue weighted by atomic mass is 9.98. The molecule has 0 spiro atoms. The zero-order valence-electron chi connectivity index (χ0n) is 7.66. The Labute approximate surface area is 68.0 Å². The molecule has 0 nitrogen and oxygen atoms in total. The second-order valence-electron chi connectivity index (χ2n) is 3.32. The number of hydrogen-bond acceptors (Lipinski definition) is 0. The smallest absolute Gasteiger partial charge is 0.207 e. The molecule has 1 unspecified atom stereocenters. The molecule has 0 heterocycles.